The van der Waals surface area contributed by atoms with E-state index in [2.05, 4.69) is 5.32 Å². The number of nitrogens with zero attached hydrogens (tertiary/aromatic N) is 1. The van der Waals surface area contributed by atoms with Crippen molar-refractivity contribution in [2.75, 3.05) is 13.1 Å². The van der Waals surface area contributed by atoms with Gasteiger partial charge in [0.05, 0.1) is 23.2 Å². The summed E-state index contributed by atoms with van der Waals surface area (Å²) in [6.07, 6.45) is 0.931. The summed E-state index contributed by atoms with van der Waals surface area (Å²) in [7, 11) is 0. The first-order valence-electron chi connectivity index (χ1n) is 6.38. The molecule has 104 valence electrons. The molecule has 1 aromatic carbocycles. The van der Waals surface area contributed by atoms with Gasteiger partial charge in [0, 0.05) is 12.6 Å². The van der Waals surface area contributed by atoms with Crippen molar-refractivity contribution in [1.29, 1.82) is 0 Å². The molecule has 6 heteroatoms. The number of hydrogen-bond acceptors (Lipinski definition) is 5. The Morgan fingerprint density at radius 1 is 1.37 bits per heavy atom. The van der Waals surface area contributed by atoms with E-state index in [4.69, 9.17) is 9.47 Å². The maximum absolute atomic E-state index is 10.9. The largest absolute Gasteiger partial charge is 0.491 e. The van der Waals surface area contributed by atoms with Crippen LogP contribution in [0.1, 0.15) is 20.3 Å². The van der Waals surface area contributed by atoms with Crippen molar-refractivity contribution in [2.45, 2.75) is 32.5 Å². The smallest absolute Gasteiger partial charge is 0.276 e. The zero-order chi connectivity index (χ0) is 13.8. The fourth-order valence-corrected chi connectivity index (χ4v) is 1.99. The molecule has 1 aliphatic rings. The minimum atomic E-state index is -0.438. The van der Waals surface area contributed by atoms with E-state index in [0.717, 1.165) is 19.5 Å². The second kappa shape index (κ2) is 5.88. The van der Waals surface area contributed by atoms with E-state index in [1.807, 2.05) is 13.8 Å². The van der Waals surface area contributed by atoms with Crippen LogP contribution in [0, 0.1) is 10.1 Å². The Labute approximate surface area is 111 Å². The molecule has 0 spiro atoms. The van der Waals surface area contributed by atoms with E-state index in [9.17, 15) is 10.1 Å². The summed E-state index contributed by atoms with van der Waals surface area (Å²) in [4.78, 5) is 10.5. The molecule has 1 unspecified atom stereocenters. The Kier molecular flexibility index (Phi) is 4.21. The van der Waals surface area contributed by atoms with Crippen molar-refractivity contribution >= 4 is 5.69 Å². The van der Waals surface area contributed by atoms with Crippen LogP contribution in [0.2, 0.25) is 0 Å². The summed E-state index contributed by atoms with van der Waals surface area (Å²) in [5, 5.41) is 14.1. The van der Waals surface area contributed by atoms with E-state index < -0.39 is 4.92 Å². The third-order valence-corrected chi connectivity index (χ3v) is 2.77. The molecular weight excluding hydrogens is 248 g/mol. The highest BCUT2D eigenvalue weighted by Crippen LogP contribution is 2.29. The van der Waals surface area contributed by atoms with Crippen LogP contribution in [0.5, 0.6) is 11.5 Å². The maximum Gasteiger partial charge on any atom is 0.276 e. The van der Waals surface area contributed by atoms with Crippen molar-refractivity contribution in [2.24, 2.45) is 0 Å². The van der Waals surface area contributed by atoms with Crippen molar-refractivity contribution in [3.05, 3.63) is 28.3 Å². The summed E-state index contributed by atoms with van der Waals surface area (Å²) in [5.41, 5.74) is -0.0147. The quantitative estimate of drug-likeness (QED) is 0.652. The monoisotopic (exact) mass is 266 g/mol. The first-order chi connectivity index (χ1) is 9.04. The number of rotatable bonds is 5. The van der Waals surface area contributed by atoms with Crippen molar-refractivity contribution < 1.29 is 14.4 Å². The molecule has 0 bridgehead atoms. The van der Waals surface area contributed by atoms with E-state index in [0.29, 0.717) is 11.5 Å². The molecule has 1 aromatic rings. The number of nitrogens with one attached hydrogen (secondary N) is 1. The van der Waals surface area contributed by atoms with Gasteiger partial charge in [-0.15, -0.1) is 0 Å². The standard InChI is InChI=1S/C13H18N2O4/c1-9(2)18-12-5-10(15(16)17)6-13(7-12)19-11-3-4-14-8-11/h5-7,9,11,14H,3-4,8H2,1-2H3. The Morgan fingerprint density at radius 3 is 2.68 bits per heavy atom. The van der Waals surface area contributed by atoms with Crippen LogP contribution < -0.4 is 14.8 Å². The van der Waals surface area contributed by atoms with Gasteiger partial charge in [0.1, 0.15) is 17.6 Å². The molecule has 0 aliphatic carbocycles. The summed E-state index contributed by atoms with van der Waals surface area (Å²) in [6, 6.07) is 4.55. The second-order valence-corrected chi connectivity index (χ2v) is 4.82. The van der Waals surface area contributed by atoms with Crippen LogP contribution in [-0.4, -0.2) is 30.2 Å². The number of nitro groups is 1. The summed E-state index contributed by atoms with van der Waals surface area (Å²) in [5.74, 6) is 0.948. The highest BCUT2D eigenvalue weighted by Gasteiger charge is 2.18. The minimum absolute atomic E-state index is 0.0147. The number of benzene rings is 1. The third kappa shape index (κ3) is 3.82. The lowest BCUT2D eigenvalue weighted by Crippen LogP contribution is -2.19. The van der Waals surface area contributed by atoms with Crippen LogP contribution in [-0.2, 0) is 0 Å². The SMILES string of the molecule is CC(C)Oc1cc(OC2CCNC2)cc([N+](=O)[O-])c1. The first-order valence-corrected chi connectivity index (χ1v) is 6.38. The zero-order valence-electron chi connectivity index (χ0n) is 11.1. The normalized spacial score (nSPS) is 18.6. The van der Waals surface area contributed by atoms with Crippen LogP contribution in [0.3, 0.4) is 0 Å². The van der Waals surface area contributed by atoms with Gasteiger partial charge in [0.15, 0.2) is 0 Å². The third-order valence-electron chi connectivity index (χ3n) is 2.77. The van der Waals surface area contributed by atoms with Gasteiger partial charge in [-0.25, -0.2) is 0 Å². The second-order valence-electron chi connectivity index (χ2n) is 4.82. The molecule has 19 heavy (non-hydrogen) atoms. The molecule has 1 atom stereocenters. The Hall–Kier alpha value is -1.82. The number of non-ortho nitro benzene ring substituents is 1. The molecule has 6 nitrogen and oxygen atoms in total. The zero-order valence-corrected chi connectivity index (χ0v) is 11.1. The molecule has 0 amide bonds. The molecule has 0 radical (unpaired) electrons. The van der Waals surface area contributed by atoms with Gasteiger partial charge in [-0.3, -0.25) is 10.1 Å². The summed E-state index contributed by atoms with van der Waals surface area (Å²) < 4.78 is 11.3. The van der Waals surface area contributed by atoms with E-state index >= 15 is 0 Å². The van der Waals surface area contributed by atoms with Gasteiger partial charge in [0.2, 0.25) is 0 Å². The molecule has 1 saturated heterocycles. The van der Waals surface area contributed by atoms with Crippen molar-refractivity contribution in [3.8, 4) is 11.5 Å². The van der Waals surface area contributed by atoms with Gasteiger partial charge in [-0.05, 0) is 26.8 Å². The van der Waals surface area contributed by atoms with Gasteiger partial charge in [0.25, 0.3) is 5.69 Å². The Balaban J connectivity index is 2.20. The van der Waals surface area contributed by atoms with E-state index in [1.54, 1.807) is 6.07 Å². The van der Waals surface area contributed by atoms with Gasteiger partial charge in [-0.2, -0.15) is 0 Å². The summed E-state index contributed by atoms with van der Waals surface area (Å²) in [6.45, 7) is 5.43. The molecule has 0 saturated carbocycles. The first kappa shape index (κ1) is 13.6. The van der Waals surface area contributed by atoms with Crippen LogP contribution in [0.15, 0.2) is 18.2 Å². The molecule has 1 N–H and O–H groups in total. The fraction of sp³-hybridized carbons (Fsp3) is 0.538. The highest BCUT2D eigenvalue weighted by molar-refractivity contribution is 5.46. The summed E-state index contributed by atoms with van der Waals surface area (Å²) >= 11 is 0. The lowest BCUT2D eigenvalue weighted by atomic mass is 10.2. The lowest BCUT2D eigenvalue weighted by molar-refractivity contribution is -0.385. The fourth-order valence-electron chi connectivity index (χ4n) is 1.99. The van der Waals surface area contributed by atoms with E-state index in [-0.39, 0.29) is 17.9 Å². The molecule has 0 aromatic heterocycles. The van der Waals surface area contributed by atoms with Crippen LogP contribution >= 0.6 is 0 Å². The van der Waals surface area contributed by atoms with Crippen molar-refractivity contribution in [3.63, 3.8) is 0 Å². The average molecular weight is 266 g/mol. The molecule has 1 heterocycles. The molecule has 2 rings (SSSR count). The average Bonchev–Trinajstić information content (AvgIpc) is 2.80. The maximum atomic E-state index is 10.9. The minimum Gasteiger partial charge on any atom is -0.491 e. The molecule has 1 fully saturated rings. The highest BCUT2D eigenvalue weighted by atomic mass is 16.6. The number of nitro benzene ring substituents is 1. The predicted molar refractivity (Wildman–Crippen MR) is 70.8 cm³/mol. The Bertz CT molecular complexity index is 456. The number of hydrogen-bond donors (Lipinski definition) is 1. The molecular formula is C13H18N2O4. The van der Waals surface area contributed by atoms with Gasteiger partial charge >= 0.3 is 0 Å². The van der Waals surface area contributed by atoms with E-state index in [1.165, 1.54) is 12.1 Å². The van der Waals surface area contributed by atoms with Crippen LogP contribution in [0.25, 0.3) is 0 Å². The van der Waals surface area contributed by atoms with Crippen molar-refractivity contribution in [1.82, 2.24) is 5.32 Å². The molecule has 1 aliphatic heterocycles. The predicted octanol–water partition coefficient (Wildman–Crippen LogP) is 2.12. The van der Waals surface area contributed by atoms with Gasteiger partial charge in [-0.1, -0.05) is 0 Å². The lowest BCUT2D eigenvalue weighted by Gasteiger charge is -2.15. The topological polar surface area (TPSA) is 73.6 Å². The van der Waals surface area contributed by atoms with Crippen LogP contribution in [0.4, 0.5) is 5.69 Å². The van der Waals surface area contributed by atoms with Gasteiger partial charge < -0.3 is 14.8 Å². The number of ether oxygens (including phenoxy) is 2. The Morgan fingerprint density at radius 2 is 2.11 bits per heavy atom.